The summed E-state index contributed by atoms with van der Waals surface area (Å²) in [6.07, 6.45) is 0. The second-order valence-electron chi connectivity index (χ2n) is 4.36. The zero-order valence-electron chi connectivity index (χ0n) is 12.0. The van der Waals surface area contributed by atoms with Crippen molar-refractivity contribution in [2.75, 3.05) is 12.4 Å². The van der Waals surface area contributed by atoms with Gasteiger partial charge in [0.1, 0.15) is 5.75 Å². The zero-order chi connectivity index (χ0) is 15.1. The molecule has 0 aliphatic heterocycles. The molecule has 0 heterocycles. The summed E-state index contributed by atoms with van der Waals surface area (Å²) >= 11 is 0. The molecule has 108 valence electrons. The van der Waals surface area contributed by atoms with Gasteiger partial charge in [0.2, 0.25) is 0 Å². The number of anilines is 1. The normalized spacial score (nSPS) is 10.9. The van der Waals surface area contributed by atoms with Crippen molar-refractivity contribution in [1.82, 2.24) is 5.43 Å². The summed E-state index contributed by atoms with van der Waals surface area (Å²) in [6.45, 7) is 1.82. The molecule has 2 rings (SSSR count). The van der Waals surface area contributed by atoms with Crippen molar-refractivity contribution in [3.8, 4) is 5.75 Å². The Bertz CT molecular complexity index is 622. The van der Waals surface area contributed by atoms with Crippen LogP contribution in [0.25, 0.3) is 0 Å². The number of urea groups is 1. The Labute approximate surface area is 123 Å². The molecule has 5 nitrogen and oxygen atoms in total. The van der Waals surface area contributed by atoms with Crippen LogP contribution in [0.1, 0.15) is 12.5 Å². The largest absolute Gasteiger partial charge is 0.497 e. The number of hydrazone groups is 1. The number of benzene rings is 2. The predicted molar refractivity (Wildman–Crippen MR) is 83.8 cm³/mol. The quantitative estimate of drug-likeness (QED) is 0.668. The van der Waals surface area contributed by atoms with Crippen molar-refractivity contribution in [3.63, 3.8) is 0 Å². The first kappa shape index (κ1) is 14.6. The fraction of sp³-hybridized carbons (Fsp3) is 0.125. The van der Waals surface area contributed by atoms with Gasteiger partial charge in [0.05, 0.1) is 12.8 Å². The lowest BCUT2D eigenvalue weighted by Crippen LogP contribution is -2.25. The van der Waals surface area contributed by atoms with E-state index < -0.39 is 0 Å². The Morgan fingerprint density at radius 3 is 2.33 bits per heavy atom. The number of para-hydroxylation sites is 1. The summed E-state index contributed by atoms with van der Waals surface area (Å²) in [6, 6.07) is 16.3. The van der Waals surface area contributed by atoms with E-state index in [1.54, 1.807) is 19.2 Å². The van der Waals surface area contributed by atoms with Crippen molar-refractivity contribution in [3.05, 3.63) is 60.2 Å². The maximum absolute atomic E-state index is 11.7. The number of nitrogens with zero attached hydrogens (tertiary/aromatic N) is 1. The van der Waals surface area contributed by atoms with Gasteiger partial charge in [-0.2, -0.15) is 5.10 Å². The van der Waals surface area contributed by atoms with Crippen LogP contribution >= 0.6 is 0 Å². The zero-order valence-corrected chi connectivity index (χ0v) is 12.0. The molecular weight excluding hydrogens is 266 g/mol. The monoisotopic (exact) mass is 283 g/mol. The average Bonchev–Trinajstić information content (AvgIpc) is 2.53. The molecule has 5 heteroatoms. The smallest absolute Gasteiger partial charge is 0.339 e. The second kappa shape index (κ2) is 7.09. The highest BCUT2D eigenvalue weighted by Crippen LogP contribution is 2.11. The Kier molecular flexibility index (Phi) is 4.93. The van der Waals surface area contributed by atoms with Gasteiger partial charge in [-0.1, -0.05) is 18.2 Å². The number of hydrogen-bond acceptors (Lipinski definition) is 3. The molecule has 0 saturated heterocycles. The van der Waals surface area contributed by atoms with E-state index in [1.165, 1.54) is 0 Å². The first-order chi connectivity index (χ1) is 10.2. The van der Waals surface area contributed by atoms with Crippen molar-refractivity contribution in [2.45, 2.75) is 6.92 Å². The molecule has 0 saturated carbocycles. The first-order valence-corrected chi connectivity index (χ1v) is 6.50. The van der Waals surface area contributed by atoms with Crippen LogP contribution in [0.2, 0.25) is 0 Å². The number of nitrogens with one attached hydrogen (secondary N) is 2. The highest BCUT2D eigenvalue weighted by Gasteiger charge is 2.01. The Morgan fingerprint density at radius 2 is 1.71 bits per heavy atom. The van der Waals surface area contributed by atoms with E-state index in [-0.39, 0.29) is 6.03 Å². The maximum atomic E-state index is 11.7. The van der Waals surface area contributed by atoms with Crippen LogP contribution in [0.5, 0.6) is 5.75 Å². The number of hydrogen-bond donors (Lipinski definition) is 2. The fourth-order valence-electron chi connectivity index (χ4n) is 1.71. The Morgan fingerprint density at radius 1 is 1.05 bits per heavy atom. The van der Waals surface area contributed by atoms with Gasteiger partial charge >= 0.3 is 6.03 Å². The van der Waals surface area contributed by atoms with E-state index in [2.05, 4.69) is 15.8 Å². The number of methoxy groups -OCH3 is 1. The Balaban J connectivity index is 1.94. The minimum absolute atomic E-state index is 0.380. The van der Waals surface area contributed by atoms with Crippen molar-refractivity contribution < 1.29 is 9.53 Å². The third kappa shape index (κ3) is 4.35. The third-order valence-corrected chi connectivity index (χ3v) is 2.86. The van der Waals surface area contributed by atoms with Gasteiger partial charge in [0, 0.05) is 5.69 Å². The SMILES string of the molecule is COc1ccc(/C(C)=N\NC(=O)Nc2ccccc2)cc1. The summed E-state index contributed by atoms with van der Waals surface area (Å²) in [5.41, 5.74) is 4.80. The van der Waals surface area contributed by atoms with E-state index in [9.17, 15) is 4.79 Å². The molecular formula is C16H17N3O2. The second-order valence-corrected chi connectivity index (χ2v) is 4.36. The molecule has 0 spiro atoms. The van der Waals surface area contributed by atoms with Crippen LogP contribution < -0.4 is 15.5 Å². The average molecular weight is 283 g/mol. The van der Waals surface area contributed by atoms with Gasteiger partial charge in [0.15, 0.2) is 0 Å². The minimum Gasteiger partial charge on any atom is -0.497 e. The van der Waals surface area contributed by atoms with E-state index in [0.29, 0.717) is 11.4 Å². The molecule has 0 aliphatic rings. The molecule has 0 bridgehead atoms. The lowest BCUT2D eigenvalue weighted by atomic mass is 10.1. The summed E-state index contributed by atoms with van der Waals surface area (Å²) in [5, 5.41) is 6.75. The predicted octanol–water partition coefficient (Wildman–Crippen LogP) is 3.24. The standard InChI is InChI=1S/C16H17N3O2/c1-12(13-8-10-15(21-2)11-9-13)18-19-16(20)17-14-6-4-3-5-7-14/h3-11H,1-2H3,(H2,17,19,20)/b18-12-. The highest BCUT2D eigenvalue weighted by molar-refractivity contribution is 6.00. The van der Waals surface area contributed by atoms with Crippen LogP contribution in [0.4, 0.5) is 10.5 Å². The van der Waals surface area contributed by atoms with Gasteiger partial charge in [-0.25, -0.2) is 10.2 Å². The van der Waals surface area contributed by atoms with E-state index in [0.717, 1.165) is 11.3 Å². The van der Waals surface area contributed by atoms with Crippen LogP contribution in [-0.4, -0.2) is 18.9 Å². The number of carbonyl (C=O) groups is 1. The number of rotatable bonds is 4. The van der Waals surface area contributed by atoms with E-state index >= 15 is 0 Å². The fourth-order valence-corrected chi connectivity index (χ4v) is 1.71. The lowest BCUT2D eigenvalue weighted by Gasteiger charge is -2.06. The van der Waals surface area contributed by atoms with Crippen LogP contribution in [0.3, 0.4) is 0 Å². The number of carbonyl (C=O) groups excluding carboxylic acids is 1. The molecule has 0 atom stereocenters. The molecule has 0 fully saturated rings. The first-order valence-electron chi connectivity index (χ1n) is 6.50. The van der Waals surface area contributed by atoms with Gasteiger partial charge in [-0.05, 0) is 48.9 Å². The van der Waals surface area contributed by atoms with E-state index in [1.807, 2.05) is 49.4 Å². The molecule has 2 aromatic rings. The minimum atomic E-state index is -0.380. The van der Waals surface area contributed by atoms with Crippen LogP contribution in [-0.2, 0) is 0 Å². The molecule has 2 aromatic carbocycles. The lowest BCUT2D eigenvalue weighted by molar-refractivity contribution is 0.252. The highest BCUT2D eigenvalue weighted by atomic mass is 16.5. The topological polar surface area (TPSA) is 62.7 Å². The summed E-state index contributed by atoms with van der Waals surface area (Å²) in [4.78, 5) is 11.7. The summed E-state index contributed by atoms with van der Waals surface area (Å²) < 4.78 is 5.09. The number of amides is 2. The summed E-state index contributed by atoms with van der Waals surface area (Å²) in [5.74, 6) is 0.779. The van der Waals surface area contributed by atoms with Crippen LogP contribution in [0.15, 0.2) is 59.7 Å². The van der Waals surface area contributed by atoms with Crippen molar-refractivity contribution in [1.29, 1.82) is 0 Å². The summed E-state index contributed by atoms with van der Waals surface area (Å²) in [7, 11) is 1.62. The van der Waals surface area contributed by atoms with Gasteiger partial charge in [0.25, 0.3) is 0 Å². The molecule has 0 radical (unpaired) electrons. The maximum Gasteiger partial charge on any atom is 0.339 e. The molecule has 0 aromatic heterocycles. The van der Waals surface area contributed by atoms with Crippen molar-refractivity contribution >= 4 is 17.4 Å². The van der Waals surface area contributed by atoms with Crippen molar-refractivity contribution in [2.24, 2.45) is 5.10 Å². The Hall–Kier alpha value is -2.82. The van der Waals surface area contributed by atoms with Gasteiger partial charge in [-0.3, -0.25) is 0 Å². The van der Waals surface area contributed by atoms with E-state index in [4.69, 9.17) is 4.74 Å². The molecule has 2 N–H and O–H groups in total. The molecule has 21 heavy (non-hydrogen) atoms. The molecule has 2 amide bonds. The number of ether oxygens (including phenoxy) is 1. The van der Waals surface area contributed by atoms with Crippen LogP contribution in [0, 0.1) is 0 Å². The third-order valence-electron chi connectivity index (χ3n) is 2.86. The molecule has 0 unspecified atom stereocenters. The van der Waals surface area contributed by atoms with Gasteiger partial charge < -0.3 is 10.1 Å². The van der Waals surface area contributed by atoms with Gasteiger partial charge in [-0.15, -0.1) is 0 Å². The molecule has 0 aliphatic carbocycles.